The van der Waals surface area contributed by atoms with Gasteiger partial charge in [0.05, 0.1) is 18.7 Å². The minimum absolute atomic E-state index is 0.0237. The topological polar surface area (TPSA) is 72.2 Å². The number of furan rings is 1. The van der Waals surface area contributed by atoms with Crippen LogP contribution in [0.4, 0.5) is 0 Å². The number of hydrogen-bond acceptors (Lipinski definition) is 5. The third kappa shape index (κ3) is 5.34. The van der Waals surface area contributed by atoms with Crippen LogP contribution in [0.15, 0.2) is 71.3 Å². The molecule has 0 bridgehead atoms. The van der Waals surface area contributed by atoms with E-state index in [0.717, 1.165) is 24.0 Å². The van der Waals surface area contributed by atoms with E-state index in [0.29, 0.717) is 36.8 Å². The Labute approximate surface area is 205 Å². The van der Waals surface area contributed by atoms with Gasteiger partial charge in [-0.3, -0.25) is 9.59 Å². The Hall–Kier alpha value is -3.74. The largest absolute Gasteiger partial charge is 0.467 e. The number of nitrogens with zero attached hydrogens (tertiary/aromatic N) is 2. The zero-order valence-electron chi connectivity index (χ0n) is 19.9. The molecule has 0 radical (unpaired) electrons. The van der Waals surface area contributed by atoms with Crippen LogP contribution < -0.4 is 9.47 Å². The van der Waals surface area contributed by atoms with Crippen molar-refractivity contribution in [1.29, 1.82) is 0 Å². The SMILES string of the molecule is CCC(C(=O)N(CC(=O)N(Cc1ccc2c(c1)OCO2)Cc1ccco1)C1CC1)c1ccccc1. The quantitative estimate of drug-likeness (QED) is 0.425. The van der Waals surface area contributed by atoms with E-state index in [4.69, 9.17) is 13.9 Å². The molecule has 5 rings (SSSR count). The summed E-state index contributed by atoms with van der Waals surface area (Å²) in [6.45, 7) is 2.97. The summed E-state index contributed by atoms with van der Waals surface area (Å²) in [7, 11) is 0. The highest BCUT2D eigenvalue weighted by Gasteiger charge is 2.37. The molecule has 1 atom stereocenters. The van der Waals surface area contributed by atoms with Crippen LogP contribution in [0.3, 0.4) is 0 Å². The molecule has 7 nitrogen and oxygen atoms in total. The Morgan fingerprint density at radius 1 is 0.971 bits per heavy atom. The normalized spacial score (nSPS) is 15.0. The maximum absolute atomic E-state index is 13.6. The van der Waals surface area contributed by atoms with Crippen molar-refractivity contribution in [2.45, 2.75) is 51.2 Å². The summed E-state index contributed by atoms with van der Waals surface area (Å²) in [4.78, 5) is 30.8. The van der Waals surface area contributed by atoms with E-state index in [1.54, 1.807) is 16.1 Å². The van der Waals surface area contributed by atoms with Gasteiger partial charge in [0.25, 0.3) is 0 Å². The standard InChI is InChI=1S/C28H30N2O5/c1-2-24(21-7-4-3-5-8-21)28(32)30(22-11-12-22)18-27(31)29(17-23-9-6-14-33-23)16-20-10-13-25-26(15-20)35-19-34-25/h3-10,13-15,22,24H,2,11-12,16-19H2,1H3. The van der Waals surface area contributed by atoms with E-state index in [9.17, 15) is 9.59 Å². The highest BCUT2D eigenvalue weighted by molar-refractivity contribution is 5.89. The molecule has 2 aliphatic rings. The van der Waals surface area contributed by atoms with Crippen molar-refractivity contribution in [2.24, 2.45) is 0 Å². The van der Waals surface area contributed by atoms with Gasteiger partial charge in [-0.1, -0.05) is 43.3 Å². The maximum Gasteiger partial charge on any atom is 0.242 e. The van der Waals surface area contributed by atoms with Gasteiger partial charge in [-0.15, -0.1) is 0 Å². The fourth-order valence-electron chi connectivity index (χ4n) is 4.54. The summed E-state index contributed by atoms with van der Waals surface area (Å²) >= 11 is 0. The van der Waals surface area contributed by atoms with E-state index in [-0.39, 0.29) is 37.1 Å². The van der Waals surface area contributed by atoms with Crippen LogP contribution >= 0.6 is 0 Å². The Balaban J connectivity index is 1.35. The number of hydrogen-bond donors (Lipinski definition) is 0. The number of carbonyl (C=O) groups is 2. The fourth-order valence-corrected chi connectivity index (χ4v) is 4.54. The van der Waals surface area contributed by atoms with Crippen molar-refractivity contribution >= 4 is 11.8 Å². The highest BCUT2D eigenvalue weighted by atomic mass is 16.7. The zero-order valence-corrected chi connectivity index (χ0v) is 19.9. The summed E-state index contributed by atoms with van der Waals surface area (Å²) in [5, 5.41) is 0. The first-order valence-electron chi connectivity index (χ1n) is 12.2. The Bertz CT molecular complexity index is 1160. The van der Waals surface area contributed by atoms with Crippen LogP contribution in [0, 0.1) is 0 Å². The Morgan fingerprint density at radius 3 is 2.49 bits per heavy atom. The average Bonchev–Trinajstić information content (AvgIpc) is 3.37. The molecule has 2 aromatic carbocycles. The highest BCUT2D eigenvalue weighted by Crippen LogP contribution is 2.34. The van der Waals surface area contributed by atoms with Crippen LogP contribution in [0.2, 0.25) is 0 Å². The van der Waals surface area contributed by atoms with Gasteiger partial charge in [0.1, 0.15) is 12.3 Å². The lowest BCUT2D eigenvalue weighted by atomic mass is 9.95. The molecule has 1 aliphatic carbocycles. The van der Waals surface area contributed by atoms with Crippen LogP contribution in [-0.2, 0) is 22.7 Å². The van der Waals surface area contributed by atoms with Crippen molar-refractivity contribution in [1.82, 2.24) is 9.80 Å². The number of ether oxygens (including phenoxy) is 2. The van der Waals surface area contributed by atoms with Gasteiger partial charge in [0, 0.05) is 12.6 Å². The van der Waals surface area contributed by atoms with Gasteiger partial charge < -0.3 is 23.7 Å². The Morgan fingerprint density at radius 2 is 1.77 bits per heavy atom. The number of fused-ring (bicyclic) bond motifs is 1. The van der Waals surface area contributed by atoms with Crippen molar-refractivity contribution in [3.8, 4) is 11.5 Å². The Kier molecular flexibility index (Phi) is 6.75. The smallest absolute Gasteiger partial charge is 0.242 e. The molecule has 1 saturated carbocycles. The van der Waals surface area contributed by atoms with Crippen LogP contribution in [-0.4, -0.2) is 41.0 Å². The summed E-state index contributed by atoms with van der Waals surface area (Å²) < 4.78 is 16.4. The number of amides is 2. The second-order valence-electron chi connectivity index (χ2n) is 9.09. The molecule has 2 amide bonds. The van der Waals surface area contributed by atoms with Crippen molar-refractivity contribution < 1.29 is 23.5 Å². The molecule has 1 aromatic heterocycles. The van der Waals surface area contributed by atoms with Gasteiger partial charge in [0.2, 0.25) is 18.6 Å². The second kappa shape index (κ2) is 10.3. The molecule has 1 fully saturated rings. The molecule has 0 spiro atoms. The van der Waals surface area contributed by atoms with E-state index >= 15 is 0 Å². The monoisotopic (exact) mass is 474 g/mol. The lowest BCUT2D eigenvalue weighted by molar-refractivity contribution is -0.142. The van der Waals surface area contributed by atoms with Crippen molar-refractivity contribution in [2.75, 3.05) is 13.3 Å². The van der Waals surface area contributed by atoms with Gasteiger partial charge >= 0.3 is 0 Å². The third-order valence-electron chi connectivity index (χ3n) is 6.57. The lowest BCUT2D eigenvalue weighted by Gasteiger charge is -2.30. The average molecular weight is 475 g/mol. The zero-order chi connectivity index (χ0) is 24.2. The third-order valence-corrected chi connectivity index (χ3v) is 6.57. The number of benzene rings is 2. The summed E-state index contributed by atoms with van der Waals surface area (Å²) in [5.74, 6) is 1.74. The molecule has 7 heteroatoms. The van der Waals surface area contributed by atoms with Gasteiger partial charge in [-0.25, -0.2) is 0 Å². The number of carbonyl (C=O) groups excluding carboxylic acids is 2. The second-order valence-corrected chi connectivity index (χ2v) is 9.09. The summed E-state index contributed by atoms with van der Waals surface area (Å²) in [5.41, 5.74) is 1.92. The summed E-state index contributed by atoms with van der Waals surface area (Å²) in [6.07, 6.45) is 4.16. The van der Waals surface area contributed by atoms with Gasteiger partial charge in [-0.05, 0) is 54.7 Å². The maximum atomic E-state index is 13.6. The van der Waals surface area contributed by atoms with E-state index in [1.165, 1.54) is 0 Å². The first kappa shape index (κ1) is 23.0. The van der Waals surface area contributed by atoms with Crippen LogP contribution in [0.5, 0.6) is 11.5 Å². The van der Waals surface area contributed by atoms with Gasteiger partial charge in [-0.2, -0.15) is 0 Å². The van der Waals surface area contributed by atoms with Gasteiger partial charge in [0.15, 0.2) is 11.5 Å². The van der Waals surface area contributed by atoms with E-state index < -0.39 is 0 Å². The molecule has 35 heavy (non-hydrogen) atoms. The molecule has 0 saturated heterocycles. The van der Waals surface area contributed by atoms with Crippen LogP contribution in [0.25, 0.3) is 0 Å². The van der Waals surface area contributed by atoms with Crippen LogP contribution in [0.1, 0.15) is 49.0 Å². The van der Waals surface area contributed by atoms with E-state index in [2.05, 4.69) is 0 Å². The predicted molar refractivity (Wildman–Crippen MR) is 130 cm³/mol. The molecule has 1 unspecified atom stereocenters. The molecule has 182 valence electrons. The molecular formula is C28H30N2O5. The fraction of sp³-hybridized carbons (Fsp3) is 0.357. The van der Waals surface area contributed by atoms with Crippen molar-refractivity contribution in [3.63, 3.8) is 0 Å². The minimum Gasteiger partial charge on any atom is -0.467 e. The van der Waals surface area contributed by atoms with E-state index in [1.807, 2.05) is 67.6 Å². The number of rotatable bonds is 10. The molecule has 2 heterocycles. The summed E-state index contributed by atoms with van der Waals surface area (Å²) in [6, 6.07) is 19.3. The first-order valence-corrected chi connectivity index (χ1v) is 12.2. The first-order chi connectivity index (χ1) is 17.1. The molecule has 3 aromatic rings. The molecule has 0 N–H and O–H groups in total. The molecular weight excluding hydrogens is 444 g/mol. The lowest BCUT2D eigenvalue weighted by Crippen LogP contribution is -2.45. The predicted octanol–water partition coefficient (Wildman–Crippen LogP) is 4.72. The molecule has 1 aliphatic heterocycles. The minimum atomic E-state index is -0.253. The van der Waals surface area contributed by atoms with Crippen molar-refractivity contribution in [3.05, 3.63) is 83.8 Å².